The van der Waals surface area contributed by atoms with Gasteiger partial charge in [-0.3, -0.25) is 4.79 Å². The van der Waals surface area contributed by atoms with Crippen molar-refractivity contribution in [2.45, 2.75) is 31.7 Å². The van der Waals surface area contributed by atoms with Gasteiger partial charge in [-0.1, -0.05) is 6.92 Å². The second kappa shape index (κ2) is 10.3. The first-order valence-electron chi connectivity index (χ1n) is 9.73. The number of hydrogen-bond acceptors (Lipinski definition) is 5. The Morgan fingerprint density at radius 2 is 1.87 bits per heavy atom. The van der Waals surface area contributed by atoms with Gasteiger partial charge < -0.3 is 24.4 Å². The number of methoxy groups -OCH3 is 2. The highest BCUT2D eigenvalue weighted by Gasteiger charge is 2.45. The molecule has 2 aliphatic heterocycles. The van der Waals surface area contributed by atoms with Crippen molar-refractivity contribution >= 4 is 11.9 Å². The number of benzene rings is 1. The minimum atomic E-state index is -5.08. The maximum Gasteiger partial charge on any atom is 0.490 e. The zero-order chi connectivity index (χ0) is 23.3. The van der Waals surface area contributed by atoms with Crippen molar-refractivity contribution < 1.29 is 41.7 Å². The zero-order valence-electron chi connectivity index (χ0n) is 17.5. The second-order valence-corrected chi connectivity index (χ2v) is 7.30. The summed E-state index contributed by atoms with van der Waals surface area (Å²) in [6.45, 7) is 5.53. The predicted molar refractivity (Wildman–Crippen MR) is 102 cm³/mol. The summed E-state index contributed by atoms with van der Waals surface area (Å²) in [6, 6.07) is 4.54. The lowest BCUT2D eigenvalue weighted by atomic mass is 9.88. The Labute approximate surface area is 177 Å². The first-order chi connectivity index (χ1) is 14.5. The molecule has 0 spiro atoms. The first-order valence-corrected chi connectivity index (χ1v) is 9.73. The molecule has 0 saturated carbocycles. The fraction of sp³-hybridized carbons (Fsp3) is 0.600. The van der Waals surface area contributed by atoms with Crippen LogP contribution in [0.15, 0.2) is 18.2 Å². The molecule has 0 radical (unpaired) electrons. The number of likely N-dealkylation sites (tertiary alicyclic amines) is 2. The van der Waals surface area contributed by atoms with E-state index in [1.165, 1.54) is 19.2 Å². The number of rotatable bonds is 4. The lowest BCUT2D eigenvalue weighted by Crippen LogP contribution is -2.53. The average Bonchev–Trinajstić information content (AvgIpc) is 3.16. The van der Waals surface area contributed by atoms with Crippen molar-refractivity contribution in [3.63, 3.8) is 0 Å². The molecule has 0 bridgehead atoms. The van der Waals surface area contributed by atoms with Crippen molar-refractivity contribution in [2.75, 3.05) is 40.4 Å². The average molecular weight is 450 g/mol. The number of ether oxygens (including phenoxy) is 2. The monoisotopic (exact) mass is 450 g/mol. The van der Waals surface area contributed by atoms with Crippen LogP contribution >= 0.6 is 0 Å². The van der Waals surface area contributed by atoms with Crippen LogP contribution in [0, 0.1) is 11.7 Å². The van der Waals surface area contributed by atoms with Crippen LogP contribution in [-0.4, -0.2) is 85.5 Å². The molecule has 0 aliphatic carbocycles. The summed E-state index contributed by atoms with van der Waals surface area (Å²) in [7, 11) is 3.16. The van der Waals surface area contributed by atoms with E-state index < -0.39 is 18.0 Å². The van der Waals surface area contributed by atoms with Gasteiger partial charge in [0.2, 0.25) is 0 Å². The number of piperidine rings is 1. The van der Waals surface area contributed by atoms with Crippen LogP contribution in [0.25, 0.3) is 0 Å². The van der Waals surface area contributed by atoms with Crippen molar-refractivity contribution in [3.8, 4) is 5.75 Å². The van der Waals surface area contributed by atoms with Gasteiger partial charge in [-0.25, -0.2) is 9.18 Å². The third-order valence-corrected chi connectivity index (χ3v) is 5.59. The largest absolute Gasteiger partial charge is 0.494 e. The minimum Gasteiger partial charge on any atom is -0.494 e. The number of aliphatic carboxylic acids is 1. The van der Waals surface area contributed by atoms with Crippen molar-refractivity contribution in [1.82, 2.24) is 9.80 Å². The molecule has 2 fully saturated rings. The SMILES string of the molecule is CCN1C[C@H]2[C@@H](C1)N(C(=O)c1ccc(OC)c(F)c1)CC[C@H]2OC.O=C(O)C(F)(F)F. The smallest absolute Gasteiger partial charge is 0.490 e. The summed E-state index contributed by atoms with van der Waals surface area (Å²) in [5.74, 6) is -2.91. The number of hydrogen-bond donors (Lipinski definition) is 1. The Kier molecular flexibility index (Phi) is 8.24. The summed E-state index contributed by atoms with van der Waals surface area (Å²) < 4.78 is 56.3. The molecule has 2 aliphatic rings. The molecule has 1 N–H and O–H groups in total. The number of carbonyl (C=O) groups excluding carboxylic acids is 1. The second-order valence-electron chi connectivity index (χ2n) is 7.30. The van der Waals surface area contributed by atoms with E-state index in [4.69, 9.17) is 19.4 Å². The van der Waals surface area contributed by atoms with Crippen LogP contribution in [0.4, 0.5) is 17.6 Å². The Hall–Kier alpha value is -2.40. The van der Waals surface area contributed by atoms with Gasteiger partial charge >= 0.3 is 12.1 Å². The third-order valence-electron chi connectivity index (χ3n) is 5.59. The molecular formula is C20H26F4N2O5. The van der Waals surface area contributed by atoms with Gasteiger partial charge in [0.25, 0.3) is 5.91 Å². The summed E-state index contributed by atoms with van der Waals surface area (Å²) in [5, 5.41) is 7.12. The summed E-state index contributed by atoms with van der Waals surface area (Å²) in [6.07, 6.45) is -4.08. The molecule has 0 unspecified atom stereocenters. The van der Waals surface area contributed by atoms with Crippen molar-refractivity contribution in [2.24, 2.45) is 5.92 Å². The van der Waals surface area contributed by atoms with Gasteiger partial charge in [0.05, 0.1) is 19.3 Å². The number of fused-ring (bicyclic) bond motifs is 1. The number of alkyl halides is 3. The van der Waals surface area contributed by atoms with E-state index in [1.54, 1.807) is 13.2 Å². The molecule has 1 amide bonds. The summed E-state index contributed by atoms with van der Waals surface area (Å²) in [5.41, 5.74) is 0.373. The van der Waals surface area contributed by atoms with Crippen LogP contribution in [0.2, 0.25) is 0 Å². The van der Waals surface area contributed by atoms with Gasteiger partial charge in [0, 0.05) is 38.2 Å². The molecule has 31 heavy (non-hydrogen) atoms. The molecule has 1 aromatic rings. The number of carbonyl (C=O) groups is 2. The molecule has 2 saturated heterocycles. The van der Waals surface area contributed by atoms with Crippen molar-refractivity contribution in [3.05, 3.63) is 29.6 Å². The highest BCUT2D eigenvalue weighted by molar-refractivity contribution is 5.94. The molecule has 7 nitrogen and oxygen atoms in total. The van der Waals surface area contributed by atoms with E-state index >= 15 is 0 Å². The Morgan fingerprint density at radius 1 is 1.23 bits per heavy atom. The maximum atomic E-state index is 14.0. The van der Waals surface area contributed by atoms with Gasteiger partial charge in [0.15, 0.2) is 11.6 Å². The van der Waals surface area contributed by atoms with E-state index in [2.05, 4.69) is 11.8 Å². The van der Waals surface area contributed by atoms with Crippen LogP contribution in [-0.2, 0) is 9.53 Å². The van der Waals surface area contributed by atoms with E-state index in [-0.39, 0.29) is 23.8 Å². The van der Waals surface area contributed by atoms with Gasteiger partial charge in [-0.2, -0.15) is 13.2 Å². The van der Waals surface area contributed by atoms with Crippen LogP contribution < -0.4 is 4.74 Å². The van der Waals surface area contributed by atoms with Crippen LogP contribution in [0.5, 0.6) is 5.75 Å². The maximum absolute atomic E-state index is 14.0. The van der Waals surface area contributed by atoms with E-state index in [0.29, 0.717) is 18.0 Å². The standard InChI is InChI=1S/C18H25FN2O3.C2HF3O2/c1-4-20-10-13-15(11-20)21(8-7-16(13)23-2)18(22)12-5-6-17(24-3)14(19)9-12;3-2(4,5)1(6)7/h5-6,9,13,15-16H,4,7-8,10-11H2,1-3H3;(H,6,7)/t13-,15+,16+;/m0./s1. The zero-order valence-corrected chi connectivity index (χ0v) is 17.5. The Bertz CT molecular complexity index is 789. The lowest BCUT2D eigenvalue weighted by Gasteiger charge is -2.41. The molecular weight excluding hydrogens is 424 g/mol. The molecule has 3 atom stereocenters. The number of amides is 1. The molecule has 3 rings (SSSR count). The van der Waals surface area contributed by atoms with E-state index in [1.807, 2.05) is 4.90 Å². The van der Waals surface area contributed by atoms with Crippen LogP contribution in [0.1, 0.15) is 23.7 Å². The number of carboxylic acid groups (broad SMARTS) is 1. The quantitative estimate of drug-likeness (QED) is 0.711. The normalized spacial score (nSPS) is 23.6. The first kappa shape index (κ1) is 24.9. The molecule has 174 valence electrons. The highest BCUT2D eigenvalue weighted by atomic mass is 19.4. The fourth-order valence-electron chi connectivity index (χ4n) is 4.00. The summed E-state index contributed by atoms with van der Waals surface area (Å²) in [4.78, 5) is 26.1. The summed E-state index contributed by atoms with van der Waals surface area (Å²) >= 11 is 0. The molecule has 1 aromatic carbocycles. The third kappa shape index (κ3) is 5.85. The number of nitrogens with zero attached hydrogens (tertiary/aromatic N) is 2. The van der Waals surface area contributed by atoms with Crippen LogP contribution in [0.3, 0.4) is 0 Å². The van der Waals surface area contributed by atoms with E-state index in [9.17, 15) is 22.4 Å². The molecule has 11 heteroatoms. The fourth-order valence-corrected chi connectivity index (χ4v) is 4.00. The number of carboxylic acids is 1. The topological polar surface area (TPSA) is 79.3 Å². The van der Waals surface area contributed by atoms with Gasteiger partial charge in [0.1, 0.15) is 0 Å². The molecule has 2 heterocycles. The Balaban J connectivity index is 0.000000423. The highest BCUT2D eigenvalue weighted by Crippen LogP contribution is 2.33. The Morgan fingerprint density at radius 3 is 2.35 bits per heavy atom. The lowest BCUT2D eigenvalue weighted by molar-refractivity contribution is -0.192. The minimum absolute atomic E-state index is 0.112. The van der Waals surface area contributed by atoms with Crippen molar-refractivity contribution in [1.29, 1.82) is 0 Å². The number of likely N-dealkylation sites (N-methyl/N-ethyl adjacent to an activating group) is 1. The van der Waals surface area contributed by atoms with Gasteiger partial charge in [-0.15, -0.1) is 0 Å². The van der Waals surface area contributed by atoms with Gasteiger partial charge in [-0.05, 0) is 31.2 Å². The number of halogens is 4. The molecule has 0 aromatic heterocycles. The predicted octanol–water partition coefficient (Wildman–Crippen LogP) is 2.65. The van der Waals surface area contributed by atoms with E-state index in [0.717, 1.165) is 26.1 Å².